The molecule has 4 rings (SSSR count). The van der Waals surface area contributed by atoms with Gasteiger partial charge in [0.25, 0.3) is 0 Å². The second-order valence-corrected chi connectivity index (χ2v) is 7.15. The highest BCUT2D eigenvalue weighted by atomic mass is 35.5. The molecule has 0 bridgehead atoms. The highest BCUT2D eigenvalue weighted by molar-refractivity contribution is 6.30. The molecule has 3 nitrogen and oxygen atoms in total. The number of hydrogen-bond donors (Lipinski definition) is 1. The fourth-order valence-electron chi connectivity index (χ4n) is 2.95. The van der Waals surface area contributed by atoms with Crippen LogP contribution in [0.2, 0.25) is 5.02 Å². The molecule has 0 spiro atoms. The molecule has 1 aromatic carbocycles. The Labute approximate surface area is 142 Å². The molecule has 2 aliphatic carbocycles. The van der Waals surface area contributed by atoms with Crippen molar-refractivity contribution < 1.29 is 0 Å². The first kappa shape index (κ1) is 15.0. The molecule has 1 N–H and O–H groups in total. The van der Waals surface area contributed by atoms with Gasteiger partial charge in [0.05, 0.1) is 0 Å². The van der Waals surface area contributed by atoms with Crippen LogP contribution in [-0.4, -0.2) is 18.1 Å². The first-order chi connectivity index (χ1) is 11.2. The predicted octanol–water partition coefficient (Wildman–Crippen LogP) is 4.63. The van der Waals surface area contributed by atoms with E-state index in [1.807, 2.05) is 25.2 Å². The van der Waals surface area contributed by atoms with Crippen LogP contribution in [0.15, 0.2) is 36.5 Å². The molecule has 0 atom stereocenters. The van der Waals surface area contributed by atoms with Gasteiger partial charge in [-0.05, 0) is 67.0 Å². The summed E-state index contributed by atoms with van der Waals surface area (Å²) in [7, 11) is 2.05. The zero-order valence-electron chi connectivity index (χ0n) is 13.4. The minimum atomic E-state index is 0.723. The van der Waals surface area contributed by atoms with Crippen molar-refractivity contribution in [2.75, 3.05) is 11.9 Å². The Hall–Kier alpha value is -1.58. The van der Waals surface area contributed by atoms with E-state index >= 15 is 0 Å². The van der Waals surface area contributed by atoms with E-state index in [-0.39, 0.29) is 0 Å². The van der Waals surface area contributed by atoms with Crippen LogP contribution < -0.4 is 10.2 Å². The number of benzene rings is 1. The lowest BCUT2D eigenvalue weighted by Gasteiger charge is -2.20. The second-order valence-electron chi connectivity index (χ2n) is 6.71. The van der Waals surface area contributed by atoms with E-state index in [0.29, 0.717) is 0 Å². The zero-order valence-corrected chi connectivity index (χ0v) is 14.2. The number of aromatic nitrogens is 1. The molecule has 0 aliphatic heterocycles. The van der Waals surface area contributed by atoms with Crippen LogP contribution in [0.3, 0.4) is 0 Å². The average Bonchev–Trinajstić information content (AvgIpc) is 3.46. The van der Waals surface area contributed by atoms with Crippen molar-refractivity contribution >= 4 is 23.1 Å². The maximum Gasteiger partial charge on any atom is 0.132 e. The molecule has 0 saturated heterocycles. The third kappa shape index (κ3) is 3.51. The molecule has 1 heterocycles. The monoisotopic (exact) mass is 327 g/mol. The van der Waals surface area contributed by atoms with E-state index in [2.05, 4.69) is 28.5 Å². The minimum Gasteiger partial charge on any atom is -0.329 e. The molecule has 2 fully saturated rings. The largest absolute Gasteiger partial charge is 0.329 e. The third-order valence-corrected chi connectivity index (χ3v) is 4.96. The van der Waals surface area contributed by atoms with Crippen molar-refractivity contribution in [1.82, 2.24) is 10.3 Å². The van der Waals surface area contributed by atoms with E-state index in [1.54, 1.807) is 0 Å². The molecule has 0 amide bonds. The van der Waals surface area contributed by atoms with Crippen LogP contribution in [0.5, 0.6) is 0 Å². The Morgan fingerprint density at radius 3 is 2.74 bits per heavy atom. The molecular formula is C19H22ClN3. The van der Waals surface area contributed by atoms with Crippen LogP contribution >= 0.6 is 11.6 Å². The van der Waals surface area contributed by atoms with Gasteiger partial charge in [0.1, 0.15) is 5.82 Å². The molecule has 4 heteroatoms. The summed E-state index contributed by atoms with van der Waals surface area (Å²) in [6.07, 6.45) is 7.31. The summed E-state index contributed by atoms with van der Waals surface area (Å²) in [5, 5.41) is 4.36. The standard InChI is InChI=1S/C19H22ClN3/c1-23(17-4-2-3-15(20)9-17)19-10-18(13-5-6-13)14(12-22-19)11-21-16-7-8-16/h2-4,9-10,12-13,16,21H,5-8,11H2,1H3. The molecule has 2 aliphatic rings. The molecule has 1 aromatic heterocycles. The Balaban J connectivity index is 1.59. The molecule has 0 radical (unpaired) electrons. The topological polar surface area (TPSA) is 28.2 Å². The van der Waals surface area contributed by atoms with Gasteiger partial charge in [0, 0.05) is 36.5 Å². The second kappa shape index (κ2) is 6.14. The van der Waals surface area contributed by atoms with Gasteiger partial charge in [0.2, 0.25) is 0 Å². The van der Waals surface area contributed by atoms with Crippen molar-refractivity contribution in [3.8, 4) is 0 Å². The molecule has 0 unspecified atom stereocenters. The summed E-state index contributed by atoms with van der Waals surface area (Å²) in [6.45, 7) is 0.949. The Morgan fingerprint density at radius 1 is 1.22 bits per heavy atom. The summed E-state index contributed by atoms with van der Waals surface area (Å²) in [5.41, 5.74) is 3.90. The van der Waals surface area contributed by atoms with Crippen molar-refractivity contribution in [3.05, 3.63) is 52.7 Å². The molecular weight excluding hydrogens is 306 g/mol. The Morgan fingerprint density at radius 2 is 2.04 bits per heavy atom. The van der Waals surface area contributed by atoms with Gasteiger partial charge in [-0.1, -0.05) is 17.7 Å². The zero-order chi connectivity index (χ0) is 15.8. The fraction of sp³-hybridized carbons (Fsp3) is 0.421. The SMILES string of the molecule is CN(c1cccc(Cl)c1)c1cc(C2CC2)c(CNC2CC2)cn1. The first-order valence-corrected chi connectivity index (χ1v) is 8.80. The van der Waals surface area contributed by atoms with Crippen molar-refractivity contribution in [2.45, 2.75) is 44.2 Å². The molecule has 2 saturated carbocycles. The summed E-state index contributed by atoms with van der Waals surface area (Å²) in [6, 6.07) is 10.9. The van der Waals surface area contributed by atoms with Gasteiger partial charge in [-0.3, -0.25) is 0 Å². The van der Waals surface area contributed by atoms with Crippen LogP contribution in [0.1, 0.15) is 42.7 Å². The highest BCUT2D eigenvalue weighted by Crippen LogP contribution is 2.43. The van der Waals surface area contributed by atoms with Gasteiger partial charge in [-0.25, -0.2) is 4.98 Å². The van der Waals surface area contributed by atoms with Crippen molar-refractivity contribution in [2.24, 2.45) is 0 Å². The number of nitrogens with zero attached hydrogens (tertiary/aromatic N) is 2. The number of rotatable bonds is 6. The maximum atomic E-state index is 6.11. The van der Waals surface area contributed by atoms with E-state index in [1.165, 1.54) is 36.8 Å². The predicted molar refractivity (Wildman–Crippen MR) is 95.6 cm³/mol. The van der Waals surface area contributed by atoms with Crippen LogP contribution in [0.25, 0.3) is 0 Å². The lowest BCUT2D eigenvalue weighted by molar-refractivity contribution is 0.680. The lowest BCUT2D eigenvalue weighted by Crippen LogP contribution is -2.18. The minimum absolute atomic E-state index is 0.723. The fourth-order valence-corrected chi connectivity index (χ4v) is 3.14. The van der Waals surface area contributed by atoms with E-state index in [4.69, 9.17) is 16.6 Å². The number of pyridine rings is 1. The van der Waals surface area contributed by atoms with Crippen molar-refractivity contribution in [3.63, 3.8) is 0 Å². The normalized spacial score (nSPS) is 17.3. The van der Waals surface area contributed by atoms with Gasteiger partial charge >= 0.3 is 0 Å². The van der Waals surface area contributed by atoms with Crippen LogP contribution in [0.4, 0.5) is 11.5 Å². The summed E-state index contributed by atoms with van der Waals surface area (Å²) < 4.78 is 0. The lowest BCUT2D eigenvalue weighted by atomic mass is 10.1. The molecule has 23 heavy (non-hydrogen) atoms. The quantitative estimate of drug-likeness (QED) is 0.838. The Bertz CT molecular complexity index is 708. The van der Waals surface area contributed by atoms with E-state index < -0.39 is 0 Å². The highest BCUT2D eigenvalue weighted by Gasteiger charge is 2.28. The number of anilines is 2. The van der Waals surface area contributed by atoms with Gasteiger partial charge in [-0.15, -0.1) is 0 Å². The van der Waals surface area contributed by atoms with Crippen LogP contribution in [0, 0.1) is 0 Å². The van der Waals surface area contributed by atoms with E-state index in [9.17, 15) is 0 Å². The molecule has 120 valence electrons. The number of hydrogen-bond acceptors (Lipinski definition) is 3. The summed E-state index contributed by atoms with van der Waals surface area (Å²) >= 11 is 6.11. The van der Waals surface area contributed by atoms with Gasteiger partial charge < -0.3 is 10.2 Å². The van der Waals surface area contributed by atoms with Crippen molar-refractivity contribution in [1.29, 1.82) is 0 Å². The third-order valence-electron chi connectivity index (χ3n) is 4.72. The number of halogens is 1. The first-order valence-electron chi connectivity index (χ1n) is 8.42. The van der Waals surface area contributed by atoms with Gasteiger partial charge in [-0.2, -0.15) is 0 Å². The van der Waals surface area contributed by atoms with Crippen LogP contribution in [-0.2, 0) is 6.54 Å². The van der Waals surface area contributed by atoms with E-state index in [0.717, 1.165) is 35.0 Å². The number of nitrogens with one attached hydrogen (secondary N) is 1. The average molecular weight is 328 g/mol. The smallest absolute Gasteiger partial charge is 0.132 e. The Kier molecular flexibility index (Phi) is 4.00. The van der Waals surface area contributed by atoms with Gasteiger partial charge in [0.15, 0.2) is 0 Å². The summed E-state index contributed by atoms with van der Waals surface area (Å²) in [5.74, 6) is 1.71. The molecule has 2 aromatic rings. The maximum absolute atomic E-state index is 6.11. The summed E-state index contributed by atoms with van der Waals surface area (Å²) in [4.78, 5) is 6.80.